The van der Waals surface area contributed by atoms with Gasteiger partial charge in [0, 0.05) is 6.04 Å². The summed E-state index contributed by atoms with van der Waals surface area (Å²) >= 11 is 0. The zero-order chi connectivity index (χ0) is 12.8. The third-order valence-corrected chi connectivity index (χ3v) is 6.25. The van der Waals surface area contributed by atoms with Crippen LogP contribution in [-0.4, -0.2) is 37.0 Å². The number of sulfone groups is 1. The fraction of sp³-hybridized carbons (Fsp3) is 0.538. The third-order valence-electron chi connectivity index (χ3n) is 4.04. The number of hydrogen-bond donors (Lipinski definition) is 2. The number of aliphatic hydroxyl groups is 1. The molecule has 19 heavy (non-hydrogen) atoms. The molecule has 2 N–H and O–H groups in total. The van der Waals surface area contributed by atoms with Crippen molar-refractivity contribution in [3.05, 3.63) is 30.3 Å². The van der Waals surface area contributed by atoms with Crippen LogP contribution in [0.3, 0.4) is 0 Å². The van der Waals surface area contributed by atoms with Gasteiger partial charge in [0.15, 0.2) is 9.84 Å². The van der Waals surface area contributed by atoms with Crippen molar-refractivity contribution in [1.82, 2.24) is 5.32 Å². The van der Waals surface area contributed by atoms with Crippen LogP contribution in [0.25, 0.3) is 0 Å². The molecule has 2 heterocycles. The van der Waals surface area contributed by atoms with Gasteiger partial charge in [-0.15, -0.1) is 12.4 Å². The van der Waals surface area contributed by atoms with E-state index in [1.165, 1.54) is 0 Å². The minimum atomic E-state index is -3.35. The van der Waals surface area contributed by atoms with Gasteiger partial charge in [-0.25, -0.2) is 8.42 Å². The van der Waals surface area contributed by atoms with Crippen LogP contribution >= 0.6 is 12.4 Å². The predicted octanol–water partition coefficient (Wildman–Crippen LogP) is 1.14. The highest BCUT2D eigenvalue weighted by Gasteiger charge is 2.48. The lowest BCUT2D eigenvalue weighted by atomic mass is 10.0. The minimum Gasteiger partial charge on any atom is -0.391 e. The van der Waals surface area contributed by atoms with Crippen LogP contribution in [0.5, 0.6) is 0 Å². The Kier molecular flexibility index (Phi) is 4.20. The Labute approximate surface area is 119 Å². The zero-order valence-electron chi connectivity index (χ0n) is 10.4. The molecule has 3 rings (SSSR count). The first-order valence-corrected chi connectivity index (χ1v) is 7.87. The van der Waals surface area contributed by atoms with Gasteiger partial charge in [0.05, 0.1) is 22.3 Å². The maximum Gasteiger partial charge on any atom is 0.182 e. The highest BCUT2D eigenvalue weighted by atomic mass is 35.5. The van der Waals surface area contributed by atoms with Crippen LogP contribution in [0.4, 0.5) is 0 Å². The first-order valence-electron chi connectivity index (χ1n) is 6.32. The van der Waals surface area contributed by atoms with Crippen LogP contribution in [0.2, 0.25) is 0 Å². The summed E-state index contributed by atoms with van der Waals surface area (Å²) in [6.07, 6.45) is 1.62. The van der Waals surface area contributed by atoms with E-state index in [0.29, 0.717) is 17.7 Å². The van der Waals surface area contributed by atoms with Crippen molar-refractivity contribution in [1.29, 1.82) is 0 Å². The van der Waals surface area contributed by atoms with E-state index in [0.717, 1.165) is 6.42 Å². The SMILES string of the molecule is Cl.O=S(=O)(c1ccccc1)C1C[C@H]2CC[C@@H](O)[C@@H]1N2. The van der Waals surface area contributed by atoms with Crippen molar-refractivity contribution in [3.8, 4) is 0 Å². The first-order chi connectivity index (χ1) is 8.59. The first kappa shape index (κ1) is 14.8. The number of hydrogen-bond acceptors (Lipinski definition) is 4. The molecule has 2 bridgehead atoms. The topological polar surface area (TPSA) is 66.4 Å². The smallest absolute Gasteiger partial charge is 0.182 e. The normalized spacial score (nSPS) is 33.7. The van der Waals surface area contributed by atoms with Gasteiger partial charge in [0.1, 0.15) is 0 Å². The Morgan fingerprint density at radius 2 is 1.84 bits per heavy atom. The number of halogens is 1. The van der Waals surface area contributed by atoms with Gasteiger partial charge in [0.2, 0.25) is 0 Å². The monoisotopic (exact) mass is 303 g/mol. The molecule has 2 aliphatic heterocycles. The van der Waals surface area contributed by atoms with Gasteiger partial charge in [-0.3, -0.25) is 0 Å². The van der Waals surface area contributed by atoms with Gasteiger partial charge in [-0.2, -0.15) is 0 Å². The lowest BCUT2D eigenvalue weighted by Gasteiger charge is -2.28. The predicted molar refractivity (Wildman–Crippen MR) is 75.2 cm³/mol. The van der Waals surface area contributed by atoms with Crippen molar-refractivity contribution < 1.29 is 13.5 Å². The van der Waals surface area contributed by atoms with E-state index in [9.17, 15) is 13.5 Å². The van der Waals surface area contributed by atoms with Gasteiger partial charge in [-0.1, -0.05) is 18.2 Å². The Morgan fingerprint density at radius 3 is 2.53 bits per heavy atom. The second-order valence-electron chi connectivity index (χ2n) is 5.17. The Balaban J connectivity index is 0.00000133. The summed E-state index contributed by atoms with van der Waals surface area (Å²) in [5, 5.41) is 12.7. The number of nitrogens with one attached hydrogen (secondary N) is 1. The Hall–Kier alpha value is -0.620. The number of piperidine rings is 1. The van der Waals surface area contributed by atoms with Crippen LogP contribution in [0.1, 0.15) is 19.3 Å². The molecule has 4 nitrogen and oxygen atoms in total. The van der Waals surface area contributed by atoms with Crippen LogP contribution in [0.15, 0.2) is 35.2 Å². The van der Waals surface area contributed by atoms with Crippen molar-refractivity contribution in [2.24, 2.45) is 0 Å². The lowest BCUT2D eigenvalue weighted by Crippen LogP contribution is -2.48. The summed E-state index contributed by atoms with van der Waals surface area (Å²) in [5.74, 6) is 0. The highest BCUT2D eigenvalue weighted by molar-refractivity contribution is 7.92. The third kappa shape index (κ3) is 2.52. The lowest BCUT2D eigenvalue weighted by molar-refractivity contribution is 0.104. The molecule has 0 amide bonds. The Morgan fingerprint density at radius 1 is 1.16 bits per heavy atom. The highest BCUT2D eigenvalue weighted by Crippen LogP contribution is 2.34. The molecule has 0 saturated carbocycles. The second kappa shape index (κ2) is 5.40. The number of fused-ring (bicyclic) bond motifs is 2. The molecular formula is C13H18ClNO3S. The number of benzene rings is 1. The quantitative estimate of drug-likeness (QED) is 0.860. The molecule has 106 valence electrons. The van der Waals surface area contributed by atoms with Crippen LogP contribution in [-0.2, 0) is 9.84 Å². The molecule has 2 fully saturated rings. The van der Waals surface area contributed by atoms with E-state index in [1.807, 2.05) is 0 Å². The fourth-order valence-electron chi connectivity index (χ4n) is 3.09. The summed E-state index contributed by atoms with van der Waals surface area (Å²) in [4.78, 5) is 0.358. The molecule has 4 atom stereocenters. The molecule has 1 aromatic rings. The van der Waals surface area contributed by atoms with E-state index in [1.54, 1.807) is 30.3 Å². The number of rotatable bonds is 2. The van der Waals surface area contributed by atoms with Gasteiger partial charge >= 0.3 is 0 Å². The molecule has 6 heteroatoms. The van der Waals surface area contributed by atoms with Gasteiger partial charge < -0.3 is 10.4 Å². The van der Waals surface area contributed by atoms with E-state index in [-0.39, 0.29) is 24.5 Å². The zero-order valence-corrected chi connectivity index (χ0v) is 12.0. The van der Waals surface area contributed by atoms with Crippen molar-refractivity contribution in [3.63, 3.8) is 0 Å². The van der Waals surface area contributed by atoms with E-state index < -0.39 is 21.2 Å². The van der Waals surface area contributed by atoms with E-state index in [4.69, 9.17) is 0 Å². The second-order valence-corrected chi connectivity index (χ2v) is 7.33. The molecule has 0 aromatic heterocycles. The van der Waals surface area contributed by atoms with E-state index in [2.05, 4.69) is 5.32 Å². The fourth-order valence-corrected chi connectivity index (χ4v) is 5.11. The summed E-state index contributed by atoms with van der Waals surface area (Å²) in [5.41, 5.74) is 0. The molecule has 0 spiro atoms. The molecule has 0 radical (unpaired) electrons. The largest absolute Gasteiger partial charge is 0.391 e. The summed E-state index contributed by atoms with van der Waals surface area (Å²) in [6, 6.07) is 8.46. The van der Waals surface area contributed by atoms with Crippen molar-refractivity contribution in [2.75, 3.05) is 0 Å². The molecule has 2 aliphatic rings. The van der Waals surface area contributed by atoms with Crippen molar-refractivity contribution in [2.45, 2.75) is 47.6 Å². The average molecular weight is 304 g/mol. The molecule has 2 saturated heterocycles. The summed E-state index contributed by atoms with van der Waals surface area (Å²) in [6.45, 7) is 0. The maximum atomic E-state index is 12.6. The summed E-state index contributed by atoms with van der Waals surface area (Å²) < 4.78 is 25.1. The van der Waals surface area contributed by atoms with E-state index >= 15 is 0 Å². The van der Waals surface area contributed by atoms with Gasteiger partial charge in [0.25, 0.3) is 0 Å². The molecule has 0 aliphatic carbocycles. The maximum absolute atomic E-state index is 12.6. The minimum absolute atomic E-state index is 0. The van der Waals surface area contributed by atoms with Crippen molar-refractivity contribution >= 4 is 22.2 Å². The molecule has 1 unspecified atom stereocenters. The van der Waals surface area contributed by atoms with Crippen LogP contribution in [0, 0.1) is 0 Å². The molecule has 1 aromatic carbocycles. The Bertz CT molecular complexity index is 534. The molecular weight excluding hydrogens is 286 g/mol. The summed E-state index contributed by atoms with van der Waals surface area (Å²) in [7, 11) is -3.35. The average Bonchev–Trinajstić information content (AvgIpc) is 2.75. The standard InChI is InChI=1S/C13H17NO3S.ClH/c15-11-7-6-9-8-12(13(11)14-9)18(16,17)10-4-2-1-3-5-10;/h1-5,9,11-15H,6-8H2;1H/t9-,11-,12?,13+;/m1./s1. The van der Waals surface area contributed by atoms with Crippen LogP contribution < -0.4 is 5.32 Å². The number of aliphatic hydroxyl groups excluding tert-OH is 1. The van der Waals surface area contributed by atoms with Gasteiger partial charge in [-0.05, 0) is 31.4 Å².